The molecule has 0 spiro atoms. The summed E-state index contributed by atoms with van der Waals surface area (Å²) in [5.41, 5.74) is 0.981. The lowest BCUT2D eigenvalue weighted by atomic mass is 9.94. The third-order valence-electron chi connectivity index (χ3n) is 5.59. The summed E-state index contributed by atoms with van der Waals surface area (Å²) in [6.45, 7) is 2.83. The lowest BCUT2D eigenvalue weighted by molar-refractivity contribution is -0.172. The number of hydrogen-bond donors (Lipinski definition) is 0. The molecule has 3 rings (SSSR count). The van der Waals surface area contributed by atoms with Crippen molar-refractivity contribution in [1.29, 1.82) is 0 Å². The number of unbranched alkanes of at least 4 members (excludes halogenated alkanes) is 1. The molecule has 1 saturated carbocycles. The zero-order chi connectivity index (χ0) is 18.5. The Labute approximate surface area is 156 Å². The topological polar surface area (TPSA) is 49.9 Å². The first-order chi connectivity index (χ1) is 12.6. The summed E-state index contributed by atoms with van der Waals surface area (Å²) in [6.07, 6.45) is 5.70. The van der Waals surface area contributed by atoms with Crippen molar-refractivity contribution in [2.75, 3.05) is 20.2 Å². The van der Waals surface area contributed by atoms with Gasteiger partial charge in [0.2, 0.25) is 5.91 Å². The molecule has 0 unspecified atom stereocenters. The molecule has 2 fully saturated rings. The quantitative estimate of drug-likeness (QED) is 0.785. The molecule has 0 bridgehead atoms. The van der Waals surface area contributed by atoms with Crippen molar-refractivity contribution >= 4 is 11.8 Å². The smallest absolute Gasteiger partial charge is 0.253 e. The van der Waals surface area contributed by atoms with Gasteiger partial charge in [0.25, 0.3) is 5.91 Å². The molecule has 0 N–H and O–H groups in total. The molecule has 1 aliphatic heterocycles. The Morgan fingerprint density at radius 3 is 2.58 bits per heavy atom. The van der Waals surface area contributed by atoms with Crippen molar-refractivity contribution in [3.63, 3.8) is 0 Å². The van der Waals surface area contributed by atoms with E-state index in [9.17, 15) is 9.59 Å². The minimum Gasteiger partial charge on any atom is -0.356 e. The Bertz CT molecular complexity index is 613. The average molecular weight is 358 g/mol. The van der Waals surface area contributed by atoms with Crippen LogP contribution in [0, 0.1) is 0 Å². The fraction of sp³-hybridized carbons (Fsp3) is 0.619. The van der Waals surface area contributed by atoms with E-state index in [1.807, 2.05) is 42.3 Å². The van der Waals surface area contributed by atoms with Crippen molar-refractivity contribution in [3.05, 3.63) is 35.9 Å². The maximum Gasteiger partial charge on any atom is 0.253 e. The maximum absolute atomic E-state index is 13.1. The predicted octanol–water partition coefficient (Wildman–Crippen LogP) is 3.16. The van der Waals surface area contributed by atoms with Crippen LogP contribution >= 0.6 is 0 Å². The van der Waals surface area contributed by atoms with Crippen LogP contribution in [0.3, 0.4) is 0 Å². The van der Waals surface area contributed by atoms with E-state index in [1.54, 1.807) is 4.90 Å². The van der Waals surface area contributed by atoms with Crippen LogP contribution in [0.15, 0.2) is 30.3 Å². The van der Waals surface area contributed by atoms with Crippen LogP contribution in [0.25, 0.3) is 0 Å². The molecule has 5 heteroatoms. The summed E-state index contributed by atoms with van der Waals surface area (Å²) < 4.78 is 5.83. The van der Waals surface area contributed by atoms with E-state index >= 15 is 0 Å². The fourth-order valence-corrected chi connectivity index (χ4v) is 4.16. The Morgan fingerprint density at radius 2 is 1.92 bits per heavy atom. The van der Waals surface area contributed by atoms with Gasteiger partial charge in [-0.3, -0.25) is 9.59 Å². The lowest BCUT2D eigenvalue weighted by Gasteiger charge is -2.44. The highest BCUT2D eigenvalue weighted by atomic mass is 16.5. The molecular formula is C21H30N2O3. The van der Waals surface area contributed by atoms with Crippen LogP contribution in [0.5, 0.6) is 0 Å². The molecule has 0 aromatic heterocycles. The van der Waals surface area contributed by atoms with Crippen LogP contribution in [-0.4, -0.2) is 54.0 Å². The molecule has 1 aromatic carbocycles. The van der Waals surface area contributed by atoms with Crippen LogP contribution in [0.4, 0.5) is 0 Å². The van der Waals surface area contributed by atoms with E-state index in [2.05, 4.69) is 6.92 Å². The second-order valence-electron chi connectivity index (χ2n) is 7.44. The zero-order valence-corrected chi connectivity index (χ0v) is 15.9. The van der Waals surface area contributed by atoms with Crippen molar-refractivity contribution in [1.82, 2.24) is 9.80 Å². The molecular weight excluding hydrogens is 328 g/mol. The van der Waals surface area contributed by atoms with Gasteiger partial charge < -0.3 is 14.5 Å². The number of carbonyl (C=O) groups excluding carboxylic acids is 2. The lowest BCUT2D eigenvalue weighted by Crippen LogP contribution is -2.57. The first-order valence-electron chi connectivity index (χ1n) is 9.86. The van der Waals surface area contributed by atoms with Crippen molar-refractivity contribution in [2.45, 2.75) is 63.6 Å². The van der Waals surface area contributed by atoms with Crippen LogP contribution in [0.2, 0.25) is 0 Å². The van der Waals surface area contributed by atoms with E-state index in [0.717, 1.165) is 44.1 Å². The monoisotopic (exact) mass is 358 g/mol. The summed E-state index contributed by atoms with van der Waals surface area (Å²) in [4.78, 5) is 29.6. The second-order valence-corrected chi connectivity index (χ2v) is 7.44. The van der Waals surface area contributed by atoms with Crippen molar-refractivity contribution in [3.8, 4) is 0 Å². The number of ether oxygens (including phenoxy) is 1. The van der Waals surface area contributed by atoms with Gasteiger partial charge in [-0.1, -0.05) is 56.5 Å². The van der Waals surface area contributed by atoms with Crippen molar-refractivity contribution in [2.24, 2.45) is 0 Å². The van der Waals surface area contributed by atoms with Gasteiger partial charge in [0.1, 0.15) is 6.61 Å². The predicted molar refractivity (Wildman–Crippen MR) is 101 cm³/mol. The van der Waals surface area contributed by atoms with Gasteiger partial charge >= 0.3 is 0 Å². The molecule has 5 nitrogen and oxygen atoms in total. The fourth-order valence-electron chi connectivity index (χ4n) is 4.16. The summed E-state index contributed by atoms with van der Waals surface area (Å²) in [5, 5.41) is 0. The van der Waals surface area contributed by atoms with E-state index in [0.29, 0.717) is 6.54 Å². The van der Waals surface area contributed by atoms with E-state index in [-0.39, 0.29) is 30.5 Å². The zero-order valence-electron chi connectivity index (χ0n) is 15.9. The summed E-state index contributed by atoms with van der Waals surface area (Å²) in [7, 11) is 1.83. The van der Waals surface area contributed by atoms with Gasteiger partial charge in [-0.15, -0.1) is 0 Å². The molecule has 2 atom stereocenters. The Hall–Kier alpha value is -1.88. The second kappa shape index (κ2) is 8.67. The highest BCUT2D eigenvalue weighted by Gasteiger charge is 2.45. The molecule has 26 heavy (non-hydrogen) atoms. The van der Waals surface area contributed by atoms with Crippen LogP contribution in [-0.2, 0) is 14.3 Å². The molecule has 1 saturated heterocycles. The van der Waals surface area contributed by atoms with Crippen LogP contribution in [0.1, 0.15) is 57.1 Å². The number of nitrogens with zero attached hydrogens (tertiary/aromatic N) is 2. The average Bonchev–Trinajstić information content (AvgIpc) is 3.20. The van der Waals surface area contributed by atoms with Gasteiger partial charge in [-0.05, 0) is 24.8 Å². The first-order valence-corrected chi connectivity index (χ1v) is 9.86. The summed E-state index contributed by atoms with van der Waals surface area (Å²) in [5.74, 6) is -0.0196. The Balaban J connectivity index is 1.91. The Morgan fingerprint density at radius 1 is 1.23 bits per heavy atom. The summed E-state index contributed by atoms with van der Waals surface area (Å²) in [6, 6.07) is 9.76. The van der Waals surface area contributed by atoms with Crippen molar-refractivity contribution < 1.29 is 14.3 Å². The number of carbonyl (C=O) groups is 2. The number of likely N-dealkylation sites (N-methyl/N-ethyl adjacent to an activating group) is 1. The molecule has 142 valence electrons. The minimum absolute atomic E-state index is 0.00212. The van der Waals surface area contributed by atoms with E-state index in [1.165, 1.54) is 0 Å². The molecule has 1 aromatic rings. The van der Waals surface area contributed by atoms with Gasteiger partial charge in [0.15, 0.2) is 6.10 Å². The maximum atomic E-state index is 13.1. The first kappa shape index (κ1) is 18.9. The van der Waals surface area contributed by atoms with Gasteiger partial charge in [0.05, 0.1) is 6.04 Å². The van der Waals surface area contributed by atoms with E-state index < -0.39 is 6.10 Å². The van der Waals surface area contributed by atoms with Gasteiger partial charge in [-0.2, -0.15) is 0 Å². The minimum atomic E-state index is -0.627. The largest absolute Gasteiger partial charge is 0.356 e. The highest BCUT2D eigenvalue weighted by Crippen LogP contribution is 2.37. The normalized spacial score (nSPS) is 24.1. The SMILES string of the molecule is CCCCN(C)C(=O)[C@@H]1OCC(=O)N(C2CCCC2)[C@H]1c1ccccc1. The molecule has 2 amide bonds. The Kier molecular flexibility index (Phi) is 6.30. The number of amides is 2. The van der Waals surface area contributed by atoms with E-state index in [4.69, 9.17) is 4.74 Å². The highest BCUT2D eigenvalue weighted by molar-refractivity contribution is 5.86. The van der Waals surface area contributed by atoms with Gasteiger partial charge in [0, 0.05) is 19.6 Å². The summed E-state index contributed by atoms with van der Waals surface area (Å²) >= 11 is 0. The van der Waals surface area contributed by atoms with Gasteiger partial charge in [-0.25, -0.2) is 0 Å². The molecule has 1 aliphatic carbocycles. The number of hydrogen-bond acceptors (Lipinski definition) is 3. The number of benzene rings is 1. The molecule has 1 heterocycles. The molecule has 0 radical (unpaired) electrons. The number of rotatable bonds is 6. The molecule has 2 aliphatic rings. The number of morpholine rings is 1. The standard InChI is InChI=1S/C21H30N2O3/c1-3-4-14-22(2)21(25)20-19(16-10-6-5-7-11-16)23(18(24)15-26-20)17-12-8-9-13-17/h5-7,10-11,17,19-20H,3-4,8-9,12-15H2,1-2H3/t19-,20+/m0/s1. The third-order valence-corrected chi connectivity index (χ3v) is 5.59. The third kappa shape index (κ3) is 3.93. The van der Waals surface area contributed by atoms with Crippen LogP contribution < -0.4 is 0 Å².